The summed E-state index contributed by atoms with van der Waals surface area (Å²) in [6.45, 7) is 6.99. The number of ether oxygens (including phenoxy) is 3. The first-order valence-corrected chi connectivity index (χ1v) is 9.00. The quantitative estimate of drug-likeness (QED) is 0.905. The van der Waals surface area contributed by atoms with Crippen molar-refractivity contribution in [3.63, 3.8) is 0 Å². The molecule has 6 heteroatoms. The van der Waals surface area contributed by atoms with Gasteiger partial charge in [0.2, 0.25) is 0 Å². The van der Waals surface area contributed by atoms with Gasteiger partial charge in [0.1, 0.15) is 19.3 Å². The predicted molar refractivity (Wildman–Crippen MR) is 94.0 cm³/mol. The van der Waals surface area contributed by atoms with E-state index in [1.54, 1.807) is 0 Å². The Bertz CT molecular complexity index is 728. The van der Waals surface area contributed by atoms with E-state index < -0.39 is 0 Å². The fourth-order valence-electron chi connectivity index (χ4n) is 3.59. The standard InChI is InChI=1S/C19H25N3O3/c1-13(2)22-16(6-8-21-22)19-15(7-9-24-19)20-12-14-4-3-5-17-18(14)25-11-10-23-17/h3-6,8,13,15,19-20H,7,9-12H2,1-2H3/t15-,19-/m0/s1. The summed E-state index contributed by atoms with van der Waals surface area (Å²) in [5.41, 5.74) is 2.26. The molecule has 0 amide bonds. The van der Waals surface area contributed by atoms with Crippen LogP contribution in [0.2, 0.25) is 0 Å². The third kappa shape index (κ3) is 3.24. The third-order valence-electron chi connectivity index (χ3n) is 4.78. The molecule has 4 rings (SSSR count). The van der Waals surface area contributed by atoms with Crippen LogP contribution in [0.1, 0.15) is 43.7 Å². The summed E-state index contributed by atoms with van der Waals surface area (Å²) >= 11 is 0. The van der Waals surface area contributed by atoms with Crippen molar-refractivity contribution >= 4 is 0 Å². The largest absolute Gasteiger partial charge is 0.486 e. The Morgan fingerprint density at radius 2 is 2.08 bits per heavy atom. The van der Waals surface area contributed by atoms with Crippen LogP contribution in [0.25, 0.3) is 0 Å². The maximum Gasteiger partial charge on any atom is 0.165 e. The maximum atomic E-state index is 6.02. The predicted octanol–water partition coefficient (Wildman–Crippen LogP) is 2.86. The van der Waals surface area contributed by atoms with Gasteiger partial charge in [0.05, 0.1) is 5.69 Å². The number of benzene rings is 1. The molecule has 1 aromatic carbocycles. The molecule has 0 aliphatic carbocycles. The van der Waals surface area contributed by atoms with E-state index in [0.717, 1.165) is 42.3 Å². The highest BCUT2D eigenvalue weighted by Crippen LogP contribution is 2.35. The number of hydrogen-bond donors (Lipinski definition) is 1. The molecule has 2 aromatic rings. The van der Waals surface area contributed by atoms with Gasteiger partial charge in [-0.3, -0.25) is 4.68 Å². The van der Waals surface area contributed by atoms with Crippen molar-refractivity contribution in [3.05, 3.63) is 41.7 Å². The van der Waals surface area contributed by atoms with Gasteiger partial charge in [-0.05, 0) is 32.4 Å². The van der Waals surface area contributed by atoms with E-state index in [2.05, 4.69) is 36.4 Å². The molecule has 0 radical (unpaired) electrons. The first-order valence-electron chi connectivity index (χ1n) is 9.00. The van der Waals surface area contributed by atoms with Crippen molar-refractivity contribution in [1.29, 1.82) is 0 Å². The molecule has 2 atom stereocenters. The van der Waals surface area contributed by atoms with Crippen molar-refractivity contribution in [2.24, 2.45) is 0 Å². The second kappa shape index (κ2) is 7.06. The number of nitrogens with zero attached hydrogens (tertiary/aromatic N) is 2. The molecule has 0 saturated carbocycles. The molecule has 1 aromatic heterocycles. The molecule has 1 N–H and O–H groups in total. The van der Waals surface area contributed by atoms with E-state index in [-0.39, 0.29) is 12.1 Å². The SMILES string of the molecule is CC(C)n1nccc1[C@H]1OCC[C@@H]1NCc1cccc2c1OCCO2. The highest BCUT2D eigenvalue weighted by atomic mass is 16.6. The van der Waals surface area contributed by atoms with Crippen LogP contribution < -0.4 is 14.8 Å². The summed E-state index contributed by atoms with van der Waals surface area (Å²) in [5, 5.41) is 8.09. The fourth-order valence-corrected chi connectivity index (χ4v) is 3.59. The minimum absolute atomic E-state index is 0.0293. The second-order valence-corrected chi connectivity index (χ2v) is 6.80. The van der Waals surface area contributed by atoms with Crippen LogP contribution in [-0.4, -0.2) is 35.6 Å². The van der Waals surface area contributed by atoms with Gasteiger partial charge in [-0.25, -0.2) is 0 Å². The van der Waals surface area contributed by atoms with Gasteiger partial charge in [0, 0.05) is 37.0 Å². The van der Waals surface area contributed by atoms with Crippen molar-refractivity contribution in [2.45, 2.75) is 45.0 Å². The molecule has 2 aliphatic heterocycles. The van der Waals surface area contributed by atoms with Crippen LogP contribution >= 0.6 is 0 Å². The van der Waals surface area contributed by atoms with Crippen LogP contribution in [0.3, 0.4) is 0 Å². The average Bonchev–Trinajstić information content (AvgIpc) is 3.28. The lowest BCUT2D eigenvalue weighted by Crippen LogP contribution is -2.33. The fraction of sp³-hybridized carbons (Fsp3) is 0.526. The van der Waals surface area contributed by atoms with E-state index in [9.17, 15) is 0 Å². The summed E-state index contributed by atoms with van der Waals surface area (Å²) in [6, 6.07) is 8.70. The molecule has 6 nitrogen and oxygen atoms in total. The van der Waals surface area contributed by atoms with Crippen LogP contribution in [0.4, 0.5) is 0 Å². The monoisotopic (exact) mass is 343 g/mol. The molecule has 1 saturated heterocycles. The third-order valence-corrected chi connectivity index (χ3v) is 4.78. The van der Waals surface area contributed by atoms with E-state index in [4.69, 9.17) is 14.2 Å². The highest BCUT2D eigenvalue weighted by Gasteiger charge is 2.32. The van der Waals surface area contributed by atoms with Crippen LogP contribution in [0.15, 0.2) is 30.5 Å². The summed E-state index contributed by atoms with van der Waals surface area (Å²) in [6.07, 6.45) is 2.87. The highest BCUT2D eigenvalue weighted by molar-refractivity contribution is 5.47. The lowest BCUT2D eigenvalue weighted by molar-refractivity contribution is 0.0897. The van der Waals surface area contributed by atoms with Crippen molar-refractivity contribution in [3.8, 4) is 11.5 Å². The molecule has 134 valence electrons. The number of nitrogens with one attached hydrogen (secondary N) is 1. The van der Waals surface area contributed by atoms with E-state index in [1.165, 1.54) is 0 Å². The molecular weight excluding hydrogens is 318 g/mol. The summed E-state index contributed by atoms with van der Waals surface area (Å²) < 4.78 is 19.5. The second-order valence-electron chi connectivity index (χ2n) is 6.80. The lowest BCUT2D eigenvalue weighted by Gasteiger charge is -2.24. The number of aromatic nitrogens is 2. The van der Waals surface area contributed by atoms with Crippen LogP contribution in [-0.2, 0) is 11.3 Å². The zero-order valence-electron chi connectivity index (χ0n) is 14.8. The molecule has 0 spiro atoms. The molecule has 25 heavy (non-hydrogen) atoms. The first-order chi connectivity index (χ1) is 12.2. The summed E-state index contributed by atoms with van der Waals surface area (Å²) in [4.78, 5) is 0. The number of fused-ring (bicyclic) bond motifs is 1. The van der Waals surface area contributed by atoms with Crippen LogP contribution in [0.5, 0.6) is 11.5 Å². The Morgan fingerprint density at radius 3 is 2.96 bits per heavy atom. The molecular formula is C19H25N3O3. The molecule has 2 aliphatic rings. The molecule has 0 unspecified atom stereocenters. The Balaban J connectivity index is 1.48. The summed E-state index contributed by atoms with van der Waals surface area (Å²) in [5.74, 6) is 1.70. The topological polar surface area (TPSA) is 57.5 Å². The van der Waals surface area contributed by atoms with E-state index >= 15 is 0 Å². The lowest BCUT2D eigenvalue weighted by atomic mass is 10.1. The zero-order chi connectivity index (χ0) is 17.2. The van der Waals surface area contributed by atoms with Crippen molar-refractivity contribution < 1.29 is 14.2 Å². The van der Waals surface area contributed by atoms with Gasteiger partial charge >= 0.3 is 0 Å². The Hall–Kier alpha value is -2.05. The Kier molecular flexibility index (Phi) is 4.63. The molecule has 0 bridgehead atoms. The minimum Gasteiger partial charge on any atom is -0.486 e. The molecule has 1 fully saturated rings. The van der Waals surface area contributed by atoms with Crippen molar-refractivity contribution in [2.75, 3.05) is 19.8 Å². The Morgan fingerprint density at radius 1 is 1.20 bits per heavy atom. The number of hydrogen-bond acceptors (Lipinski definition) is 5. The Labute approximate surface area is 148 Å². The smallest absolute Gasteiger partial charge is 0.165 e. The molecule has 3 heterocycles. The van der Waals surface area contributed by atoms with Gasteiger partial charge in [-0.2, -0.15) is 5.10 Å². The number of para-hydroxylation sites is 1. The normalized spacial score (nSPS) is 22.5. The van der Waals surface area contributed by atoms with Crippen LogP contribution in [0, 0.1) is 0 Å². The van der Waals surface area contributed by atoms with Gasteiger partial charge in [-0.1, -0.05) is 12.1 Å². The zero-order valence-corrected chi connectivity index (χ0v) is 14.8. The van der Waals surface area contributed by atoms with Gasteiger partial charge < -0.3 is 19.5 Å². The first kappa shape index (κ1) is 16.4. The average molecular weight is 343 g/mol. The maximum absolute atomic E-state index is 6.02. The minimum atomic E-state index is 0.0293. The van der Waals surface area contributed by atoms with E-state index in [0.29, 0.717) is 19.3 Å². The summed E-state index contributed by atoms with van der Waals surface area (Å²) in [7, 11) is 0. The van der Waals surface area contributed by atoms with Gasteiger partial charge in [0.15, 0.2) is 11.5 Å². The van der Waals surface area contributed by atoms with Gasteiger partial charge in [-0.15, -0.1) is 0 Å². The van der Waals surface area contributed by atoms with E-state index in [1.807, 2.05) is 23.0 Å². The van der Waals surface area contributed by atoms with Gasteiger partial charge in [0.25, 0.3) is 0 Å². The van der Waals surface area contributed by atoms with Crippen molar-refractivity contribution in [1.82, 2.24) is 15.1 Å². The number of rotatable bonds is 5.